The van der Waals surface area contributed by atoms with Gasteiger partial charge in [-0.25, -0.2) is 0 Å². The zero-order valence-electron chi connectivity index (χ0n) is 34.4. The topological polar surface area (TPSA) is 22.0 Å². The van der Waals surface area contributed by atoms with Crippen LogP contribution in [0.4, 0.5) is 0 Å². The van der Waals surface area contributed by atoms with Crippen molar-refractivity contribution in [3.05, 3.63) is 243 Å². The van der Waals surface area contributed by atoms with Gasteiger partial charge in [0, 0.05) is 27.1 Å². The molecule has 0 bridgehead atoms. The predicted molar refractivity (Wildman–Crippen MR) is 266 cm³/mol. The molecular formula is C60H40NOP. The van der Waals surface area contributed by atoms with Crippen molar-refractivity contribution < 1.29 is 4.57 Å². The summed E-state index contributed by atoms with van der Waals surface area (Å²) in [5.74, 6) is 0. The molecule has 0 saturated heterocycles. The van der Waals surface area contributed by atoms with Gasteiger partial charge in [-0.3, -0.25) is 0 Å². The average molecular weight is 822 g/mol. The lowest BCUT2D eigenvalue weighted by atomic mass is 9.92. The Bertz CT molecular complexity index is 3440. The summed E-state index contributed by atoms with van der Waals surface area (Å²) < 4.78 is 18.4. The van der Waals surface area contributed by atoms with Crippen molar-refractivity contribution in [2.24, 2.45) is 0 Å². The average Bonchev–Trinajstić information content (AvgIpc) is 3.84. The Labute approximate surface area is 367 Å². The van der Waals surface area contributed by atoms with Crippen LogP contribution in [0.25, 0.3) is 94.3 Å². The van der Waals surface area contributed by atoms with Crippen LogP contribution < -0.4 is 15.9 Å². The number of benzene rings is 10. The predicted octanol–water partition coefficient (Wildman–Crippen LogP) is 14.7. The van der Waals surface area contributed by atoms with Gasteiger partial charge in [-0.15, -0.1) is 0 Å². The molecule has 0 aliphatic carbocycles. The van der Waals surface area contributed by atoms with Crippen molar-refractivity contribution in [1.29, 1.82) is 0 Å². The number of hydrogen-bond donors (Lipinski definition) is 0. The summed E-state index contributed by atoms with van der Waals surface area (Å²) in [5.41, 5.74) is 16.9. The Morgan fingerprint density at radius 2 is 0.746 bits per heavy atom. The summed E-state index contributed by atoms with van der Waals surface area (Å²) in [4.78, 5) is 0. The molecule has 0 N–H and O–H groups in total. The standard InChI is InChI=1S/C60H40NOP/c62-63(52-18-8-3-9-19-52)58-23-13-11-21-54(58)56-37-36-55-53-20-10-12-22-57(53)61(59(55)60(56)63)51-34-32-47(33-35-51)50-39-48(45-28-24-43(25-29-45)41-14-4-1-5-15-41)38-49(40-50)46-30-26-44(27-31-46)42-16-6-2-7-17-42/h1-40H. The Kier molecular flexibility index (Phi) is 8.81. The molecule has 3 heteroatoms. The SMILES string of the molecule is O=P1(c2ccccc2)c2ccccc2-c2ccc3c4ccccc4n(-c4ccc(-c5cc(-c6ccc(-c7ccccc7)cc6)cc(-c6ccc(-c7ccccc7)cc6)c5)cc4)c3c21. The molecule has 1 aliphatic rings. The van der Waals surface area contributed by atoms with E-state index in [0.29, 0.717) is 0 Å². The second-order valence-electron chi connectivity index (χ2n) is 16.4. The molecule has 1 atom stereocenters. The van der Waals surface area contributed by atoms with Gasteiger partial charge in [0.15, 0.2) is 7.14 Å². The highest BCUT2D eigenvalue weighted by Crippen LogP contribution is 2.55. The molecule has 0 spiro atoms. The third kappa shape index (κ3) is 6.14. The number of para-hydroxylation sites is 1. The van der Waals surface area contributed by atoms with Crippen molar-refractivity contribution >= 4 is 44.9 Å². The van der Waals surface area contributed by atoms with Gasteiger partial charge >= 0.3 is 0 Å². The lowest BCUT2D eigenvalue weighted by Crippen LogP contribution is -2.22. The first kappa shape index (κ1) is 37.0. The molecule has 1 aromatic heterocycles. The zero-order chi connectivity index (χ0) is 41.9. The minimum Gasteiger partial charge on any atom is -0.309 e. The molecule has 0 radical (unpaired) electrons. The van der Waals surface area contributed by atoms with E-state index < -0.39 is 7.14 Å². The molecule has 10 aromatic carbocycles. The third-order valence-electron chi connectivity index (χ3n) is 12.8. The lowest BCUT2D eigenvalue weighted by molar-refractivity contribution is 0.593. The Balaban J connectivity index is 1.01. The summed E-state index contributed by atoms with van der Waals surface area (Å²) in [7, 11) is -3.24. The van der Waals surface area contributed by atoms with E-state index in [1.165, 1.54) is 33.4 Å². The van der Waals surface area contributed by atoms with Crippen LogP contribution in [-0.2, 0) is 4.57 Å². The van der Waals surface area contributed by atoms with Crippen molar-refractivity contribution in [1.82, 2.24) is 4.57 Å². The fourth-order valence-corrected chi connectivity index (χ4v) is 13.0. The van der Waals surface area contributed by atoms with Gasteiger partial charge in [0.2, 0.25) is 0 Å². The molecule has 0 saturated carbocycles. The highest BCUT2D eigenvalue weighted by atomic mass is 31.2. The molecule has 1 unspecified atom stereocenters. The second-order valence-corrected chi connectivity index (χ2v) is 19.1. The van der Waals surface area contributed by atoms with Gasteiger partial charge in [-0.2, -0.15) is 0 Å². The summed E-state index contributed by atoms with van der Waals surface area (Å²) in [6.45, 7) is 0. The van der Waals surface area contributed by atoms with Crippen LogP contribution in [-0.4, -0.2) is 4.57 Å². The lowest BCUT2D eigenvalue weighted by Gasteiger charge is -2.19. The van der Waals surface area contributed by atoms with E-state index in [2.05, 4.69) is 211 Å². The first-order chi connectivity index (χ1) is 31.1. The fourth-order valence-electron chi connectivity index (χ4n) is 9.75. The van der Waals surface area contributed by atoms with Gasteiger partial charge in [-0.05, 0) is 103 Å². The van der Waals surface area contributed by atoms with E-state index in [-0.39, 0.29) is 0 Å². The van der Waals surface area contributed by atoms with Crippen LogP contribution in [0.3, 0.4) is 0 Å². The molecule has 12 rings (SSSR count). The maximum atomic E-state index is 16.0. The van der Waals surface area contributed by atoms with Gasteiger partial charge in [0.25, 0.3) is 0 Å². The van der Waals surface area contributed by atoms with E-state index in [1.807, 2.05) is 36.4 Å². The summed E-state index contributed by atoms with van der Waals surface area (Å²) >= 11 is 0. The largest absolute Gasteiger partial charge is 0.309 e. The monoisotopic (exact) mass is 821 g/mol. The van der Waals surface area contributed by atoms with E-state index in [0.717, 1.165) is 76.8 Å². The summed E-state index contributed by atoms with van der Waals surface area (Å²) in [5, 5.41) is 4.93. The van der Waals surface area contributed by atoms with E-state index >= 15 is 4.57 Å². The molecule has 0 amide bonds. The Hall–Kier alpha value is -7.77. The highest BCUT2D eigenvalue weighted by Gasteiger charge is 2.42. The number of aromatic nitrogens is 1. The highest BCUT2D eigenvalue weighted by molar-refractivity contribution is 7.86. The Morgan fingerprint density at radius 1 is 0.317 bits per heavy atom. The van der Waals surface area contributed by atoms with Gasteiger partial charge in [-0.1, -0.05) is 206 Å². The maximum Gasteiger partial charge on any atom is 0.174 e. The first-order valence-electron chi connectivity index (χ1n) is 21.5. The third-order valence-corrected chi connectivity index (χ3v) is 16.0. The first-order valence-corrected chi connectivity index (χ1v) is 23.2. The number of rotatable bonds is 7. The Morgan fingerprint density at radius 3 is 1.30 bits per heavy atom. The molecule has 11 aromatic rings. The van der Waals surface area contributed by atoms with E-state index in [9.17, 15) is 0 Å². The van der Waals surface area contributed by atoms with Crippen molar-refractivity contribution in [2.75, 3.05) is 0 Å². The van der Waals surface area contributed by atoms with E-state index in [1.54, 1.807) is 0 Å². The molecule has 2 heterocycles. The van der Waals surface area contributed by atoms with Crippen LogP contribution >= 0.6 is 7.14 Å². The minimum absolute atomic E-state index is 0.857. The number of hydrogen-bond acceptors (Lipinski definition) is 1. The maximum absolute atomic E-state index is 16.0. The quantitative estimate of drug-likeness (QED) is 0.147. The summed E-state index contributed by atoms with van der Waals surface area (Å²) in [6.07, 6.45) is 0. The van der Waals surface area contributed by atoms with Gasteiger partial charge in [0.05, 0.1) is 16.3 Å². The smallest absolute Gasteiger partial charge is 0.174 e. The summed E-state index contributed by atoms with van der Waals surface area (Å²) in [6, 6.07) is 86.1. The normalized spacial score (nSPS) is 14.2. The second kappa shape index (κ2) is 15.0. The molecule has 0 fully saturated rings. The van der Waals surface area contributed by atoms with Crippen LogP contribution in [0.1, 0.15) is 0 Å². The minimum atomic E-state index is -3.24. The molecule has 63 heavy (non-hydrogen) atoms. The van der Waals surface area contributed by atoms with Crippen molar-refractivity contribution in [3.63, 3.8) is 0 Å². The van der Waals surface area contributed by atoms with Gasteiger partial charge in [0.1, 0.15) is 0 Å². The van der Waals surface area contributed by atoms with E-state index in [4.69, 9.17) is 0 Å². The molecular weight excluding hydrogens is 782 g/mol. The number of fused-ring (bicyclic) bond motifs is 7. The molecule has 1 aliphatic heterocycles. The van der Waals surface area contributed by atoms with Crippen LogP contribution in [0, 0.1) is 0 Å². The van der Waals surface area contributed by atoms with Crippen molar-refractivity contribution in [3.8, 4) is 72.4 Å². The zero-order valence-corrected chi connectivity index (χ0v) is 35.3. The fraction of sp³-hybridized carbons (Fsp3) is 0. The van der Waals surface area contributed by atoms with Crippen LogP contribution in [0.15, 0.2) is 243 Å². The molecule has 2 nitrogen and oxygen atoms in total. The van der Waals surface area contributed by atoms with Gasteiger partial charge < -0.3 is 9.13 Å². The molecule has 296 valence electrons. The van der Waals surface area contributed by atoms with Crippen LogP contribution in [0.5, 0.6) is 0 Å². The van der Waals surface area contributed by atoms with Crippen LogP contribution in [0.2, 0.25) is 0 Å². The number of nitrogens with zero attached hydrogens (tertiary/aromatic N) is 1. The van der Waals surface area contributed by atoms with Crippen molar-refractivity contribution in [2.45, 2.75) is 0 Å².